The van der Waals surface area contributed by atoms with Gasteiger partial charge in [0.25, 0.3) is 0 Å². The van der Waals surface area contributed by atoms with E-state index in [-0.39, 0.29) is 0 Å². The second-order valence-corrected chi connectivity index (χ2v) is 5.58. The van der Waals surface area contributed by atoms with E-state index in [0.29, 0.717) is 18.4 Å². The molecule has 98 valence electrons. The highest BCUT2D eigenvalue weighted by atomic mass is 32.1. The molecule has 3 N–H and O–H groups in total. The van der Waals surface area contributed by atoms with Crippen molar-refractivity contribution in [3.8, 4) is 0 Å². The fourth-order valence-electron chi connectivity index (χ4n) is 1.83. The summed E-state index contributed by atoms with van der Waals surface area (Å²) in [5, 5.41) is 6.23. The van der Waals surface area contributed by atoms with Crippen molar-refractivity contribution >= 4 is 23.0 Å². The topological polar surface area (TPSA) is 63.3 Å². The molecule has 0 aliphatic heterocycles. The Bertz CT molecular complexity index is 572. The number of hydrogen-bond donors (Lipinski definition) is 2. The van der Waals surface area contributed by atoms with Gasteiger partial charge in [0.1, 0.15) is 5.01 Å². The Morgan fingerprint density at radius 3 is 2.89 bits per heavy atom. The van der Waals surface area contributed by atoms with Gasteiger partial charge in [-0.2, -0.15) is 0 Å². The number of aromatic nitrogens is 1. The average Bonchev–Trinajstić information content (AvgIpc) is 3.17. The van der Waals surface area contributed by atoms with Gasteiger partial charge in [0, 0.05) is 17.0 Å². The number of thiazole rings is 1. The minimum atomic E-state index is 0.425. The molecule has 1 heterocycles. The Balaban J connectivity index is 1.58. The van der Waals surface area contributed by atoms with Gasteiger partial charge in [-0.25, -0.2) is 9.98 Å². The molecule has 19 heavy (non-hydrogen) atoms. The average molecular weight is 272 g/mol. The van der Waals surface area contributed by atoms with Crippen LogP contribution in [0.2, 0.25) is 0 Å². The second kappa shape index (κ2) is 5.40. The maximum absolute atomic E-state index is 5.85. The number of aliphatic imine (C=N–C) groups is 1. The molecule has 1 saturated carbocycles. The van der Waals surface area contributed by atoms with Crippen LogP contribution in [0.15, 0.2) is 40.7 Å². The Morgan fingerprint density at radius 2 is 2.16 bits per heavy atom. The van der Waals surface area contributed by atoms with Crippen LogP contribution in [0.3, 0.4) is 0 Å². The third-order valence-electron chi connectivity index (χ3n) is 3.00. The maximum Gasteiger partial charge on any atom is 0.193 e. The molecule has 0 radical (unpaired) electrons. The lowest BCUT2D eigenvalue weighted by atomic mass is 10.3. The van der Waals surface area contributed by atoms with Gasteiger partial charge in [-0.05, 0) is 25.0 Å². The van der Waals surface area contributed by atoms with Crippen LogP contribution >= 0.6 is 11.3 Å². The van der Waals surface area contributed by atoms with Gasteiger partial charge in [0.2, 0.25) is 0 Å². The molecule has 3 rings (SSSR count). The second-order valence-electron chi connectivity index (χ2n) is 4.63. The van der Waals surface area contributed by atoms with Gasteiger partial charge in [-0.15, -0.1) is 11.3 Å². The van der Waals surface area contributed by atoms with Crippen molar-refractivity contribution < 1.29 is 0 Å². The molecule has 1 fully saturated rings. The summed E-state index contributed by atoms with van der Waals surface area (Å²) in [7, 11) is 0. The monoisotopic (exact) mass is 272 g/mol. The largest absolute Gasteiger partial charge is 0.370 e. The van der Waals surface area contributed by atoms with E-state index in [9.17, 15) is 0 Å². The zero-order chi connectivity index (χ0) is 13.1. The summed E-state index contributed by atoms with van der Waals surface area (Å²) >= 11 is 1.66. The molecular weight excluding hydrogens is 256 g/mol. The third-order valence-corrected chi connectivity index (χ3v) is 3.85. The predicted octanol–water partition coefficient (Wildman–Crippen LogP) is 2.95. The summed E-state index contributed by atoms with van der Waals surface area (Å²) in [6.07, 6.45) is 2.56. The summed E-state index contributed by atoms with van der Waals surface area (Å²) in [5.74, 6) is 1.13. The Kier molecular flexibility index (Phi) is 3.46. The number of nitrogens with zero attached hydrogens (tertiary/aromatic N) is 2. The van der Waals surface area contributed by atoms with Crippen LogP contribution in [0.1, 0.15) is 29.5 Å². The zero-order valence-corrected chi connectivity index (χ0v) is 11.4. The first kappa shape index (κ1) is 12.2. The minimum absolute atomic E-state index is 0.425. The summed E-state index contributed by atoms with van der Waals surface area (Å²) in [5.41, 5.74) is 8.02. The van der Waals surface area contributed by atoms with Crippen LogP contribution in [0, 0.1) is 0 Å². The number of hydrogen-bond acceptors (Lipinski definition) is 3. The van der Waals surface area contributed by atoms with Gasteiger partial charge in [-0.1, -0.05) is 18.2 Å². The summed E-state index contributed by atoms with van der Waals surface area (Å²) in [6.45, 7) is 0.545. The van der Waals surface area contributed by atoms with Crippen molar-refractivity contribution in [2.45, 2.75) is 25.3 Å². The molecular formula is C14H16N4S. The summed E-state index contributed by atoms with van der Waals surface area (Å²) in [4.78, 5) is 8.89. The first-order valence-electron chi connectivity index (χ1n) is 6.37. The standard InChI is InChI=1S/C14H16N4S/c15-14(17-11-4-2-1-3-5-11)16-8-13-18-12(9-19-13)10-6-7-10/h1-5,9-10H,6-8H2,(H3,15,16,17). The van der Waals surface area contributed by atoms with Crippen molar-refractivity contribution in [3.05, 3.63) is 46.4 Å². The van der Waals surface area contributed by atoms with Gasteiger partial charge in [0.15, 0.2) is 5.96 Å². The molecule has 0 bridgehead atoms. The van der Waals surface area contributed by atoms with Crippen LogP contribution in [0.25, 0.3) is 0 Å². The maximum atomic E-state index is 5.85. The van der Waals surface area contributed by atoms with E-state index in [1.54, 1.807) is 11.3 Å². The van der Waals surface area contributed by atoms with E-state index >= 15 is 0 Å². The number of guanidine groups is 1. The highest BCUT2D eigenvalue weighted by Gasteiger charge is 2.25. The zero-order valence-electron chi connectivity index (χ0n) is 10.5. The van der Waals surface area contributed by atoms with Gasteiger partial charge >= 0.3 is 0 Å². The fourth-order valence-corrected chi connectivity index (χ4v) is 2.63. The van der Waals surface area contributed by atoms with Crippen molar-refractivity contribution in [2.75, 3.05) is 5.32 Å². The molecule has 4 nitrogen and oxygen atoms in total. The number of nitrogens with two attached hydrogens (primary N) is 1. The highest BCUT2D eigenvalue weighted by molar-refractivity contribution is 7.09. The van der Waals surface area contributed by atoms with Crippen molar-refractivity contribution in [3.63, 3.8) is 0 Å². The lowest BCUT2D eigenvalue weighted by Crippen LogP contribution is -2.22. The molecule has 5 heteroatoms. The summed E-state index contributed by atoms with van der Waals surface area (Å²) < 4.78 is 0. The first-order valence-corrected chi connectivity index (χ1v) is 7.25. The Morgan fingerprint density at radius 1 is 1.37 bits per heavy atom. The Labute approximate surface area is 116 Å². The number of benzene rings is 1. The number of anilines is 1. The highest BCUT2D eigenvalue weighted by Crippen LogP contribution is 2.40. The SMILES string of the molecule is NC(=NCc1nc(C2CC2)cs1)Nc1ccccc1. The van der Waals surface area contributed by atoms with Gasteiger partial charge < -0.3 is 11.1 Å². The van der Waals surface area contributed by atoms with E-state index in [4.69, 9.17) is 5.73 Å². The normalized spacial score (nSPS) is 15.5. The summed E-state index contributed by atoms with van der Waals surface area (Å²) in [6, 6.07) is 9.79. The molecule has 0 unspecified atom stereocenters. The van der Waals surface area contributed by atoms with E-state index in [1.807, 2.05) is 30.3 Å². The van der Waals surface area contributed by atoms with Crippen molar-refractivity contribution in [2.24, 2.45) is 10.7 Å². The molecule has 1 aromatic carbocycles. The first-order chi connectivity index (χ1) is 9.31. The minimum Gasteiger partial charge on any atom is -0.370 e. The molecule has 1 aliphatic rings. The molecule has 0 saturated heterocycles. The fraction of sp³-hybridized carbons (Fsp3) is 0.286. The molecule has 0 spiro atoms. The number of rotatable bonds is 4. The van der Waals surface area contributed by atoms with Crippen LogP contribution in [0.4, 0.5) is 5.69 Å². The smallest absolute Gasteiger partial charge is 0.193 e. The van der Waals surface area contributed by atoms with E-state index < -0.39 is 0 Å². The quantitative estimate of drug-likeness (QED) is 0.664. The van der Waals surface area contributed by atoms with Gasteiger partial charge in [0.05, 0.1) is 12.2 Å². The van der Waals surface area contributed by atoms with Crippen LogP contribution in [-0.2, 0) is 6.54 Å². The third kappa shape index (κ3) is 3.32. The van der Waals surface area contributed by atoms with Gasteiger partial charge in [-0.3, -0.25) is 0 Å². The lowest BCUT2D eigenvalue weighted by molar-refractivity contribution is 0.970. The number of para-hydroxylation sites is 1. The molecule has 1 aromatic heterocycles. The van der Waals surface area contributed by atoms with Crippen molar-refractivity contribution in [1.82, 2.24) is 4.98 Å². The van der Waals surface area contributed by atoms with E-state index in [0.717, 1.165) is 10.7 Å². The van der Waals surface area contributed by atoms with E-state index in [2.05, 4.69) is 20.7 Å². The molecule has 2 aromatic rings. The van der Waals surface area contributed by atoms with Crippen LogP contribution in [-0.4, -0.2) is 10.9 Å². The predicted molar refractivity (Wildman–Crippen MR) is 79.5 cm³/mol. The lowest BCUT2D eigenvalue weighted by Gasteiger charge is -2.04. The van der Waals surface area contributed by atoms with Crippen molar-refractivity contribution in [1.29, 1.82) is 0 Å². The number of nitrogens with one attached hydrogen (secondary N) is 1. The van der Waals surface area contributed by atoms with Crippen LogP contribution < -0.4 is 11.1 Å². The molecule has 1 aliphatic carbocycles. The molecule has 0 amide bonds. The Hall–Kier alpha value is -1.88. The van der Waals surface area contributed by atoms with E-state index in [1.165, 1.54) is 18.5 Å². The molecule has 0 atom stereocenters. The van der Waals surface area contributed by atoms with Crippen LogP contribution in [0.5, 0.6) is 0 Å².